The van der Waals surface area contributed by atoms with Gasteiger partial charge in [0.1, 0.15) is 6.10 Å². The maximum atomic E-state index is 11.7. The highest BCUT2D eigenvalue weighted by molar-refractivity contribution is 5.82. The predicted molar refractivity (Wildman–Crippen MR) is 66.8 cm³/mol. The minimum atomic E-state index is -0.166. The van der Waals surface area contributed by atoms with E-state index in [0.717, 1.165) is 32.4 Å². The van der Waals surface area contributed by atoms with E-state index in [9.17, 15) is 4.79 Å². The van der Waals surface area contributed by atoms with E-state index in [0.29, 0.717) is 12.1 Å². The average molecular weight is 240 g/mol. The second kappa shape index (κ2) is 5.83. The van der Waals surface area contributed by atoms with E-state index in [2.05, 4.69) is 12.2 Å². The lowest BCUT2D eigenvalue weighted by molar-refractivity contribution is -0.140. The van der Waals surface area contributed by atoms with Gasteiger partial charge in [0.15, 0.2) is 0 Å². The zero-order valence-corrected chi connectivity index (χ0v) is 10.9. The highest BCUT2D eigenvalue weighted by Crippen LogP contribution is 2.24. The van der Waals surface area contributed by atoms with Gasteiger partial charge in [-0.1, -0.05) is 6.92 Å². The number of hydrogen-bond donors (Lipinski definition) is 1. The van der Waals surface area contributed by atoms with Crippen LogP contribution in [0.25, 0.3) is 0 Å². The number of ether oxygens (including phenoxy) is 1. The zero-order valence-electron chi connectivity index (χ0n) is 10.9. The van der Waals surface area contributed by atoms with Crippen LogP contribution in [0.1, 0.15) is 39.0 Å². The van der Waals surface area contributed by atoms with Gasteiger partial charge in [0.2, 0.25) is 0 Å². The molecule has 2 rings (SSSR count). The van der Waals surface area contributed by atoms with E-state index in [1.54, 1.807) is 4.90 Å². The fourth-order valence-corrected chi connectivity index (χ4v) is 2.84. The summed E-state index contributed by atoms with van der Waals surface area (Å²) >= 11 is 0. The standard InChI is InChI=1S/C13H24N2O2/c1-3-14-10-4-6-11(7-5-10)17-12-8-9-15(2)13(12)16/h10-12,14H,3-9H2,1-2H3. The van der Waals surface area contributed by atoms with E-state index in [-0.39, 0.29) is 12.0 Å². The van der Waals surface area contributed by atoms with Crippen LogP contribution in [-0.2, 0) is 9.53 Å². The molecular weight excluding hydrogens is 216 g/mol. The van der Waals surface area contributed by atoms with Crippen molar-refractivity contribution in [1.29, 1.82) is 0 Å². The zero-order chi connectivity index (χ0) is 12.3. The third-order valence-electron chi connectivity index (χ3n) is 3.90. The topological polar surface area (TPSA) is 41.6 Å². The predicted octanol–water partition coefficient (Wildman–Crippen LogP) is 1.15. The molecule has 0 radical (unpaired) electrons. The molecule has 1 unspecified atom stereocenters. The van der Waals surface area contributed by atoms with Crippen LogP contribution < -0.4 is 5.32 Å². The highest BCUT2D eigenvalue weighted by Gasteiger charge is 2.33. The van der Waals surface area contributed by atoms with Crippen LogP contribution in [-0.4, -0.2) is 49.2 Å². The summed E-state index contributed by atoms with van der Waals surface area (Å²) in [5, 5.41) is 3.48. The van der Waals surface area contributed by atoms with Crippen LogP contribution in [0.15, 0.2) is 0 Å². The molecule has 17 heavy (non-hydrogen) atoms. The maximum Gasteiger partial charge on any atom is 0.251 e. The van der Waals surface area contributed by atoms with E-state index in [4.69, 9.17) is 4.74 Å². The molecule has 0 aromatic rings. The Morgan fingerprint density at radius 1 is 1.29 bits per heavy atom. The molecule has 0 bridgehead atoms. The van der Waals surface area contributed by atoms with Crippen molar-refractivity contribution in [3.63, 3.8) is 0 Å². The first-order chi connectivity index (χ1) is 8.20. The van der Waals surface area contributed by atoms with Crippen molar-refractivity contribution in [2.24, 2.45) is 0 Å². The quantitative estimate of drug-likeness (QED) is 0.801. The minimum absolute atomic E-state index is 0.166. The normalized spacial score (nSPS) is 34.4. The molecular formula is C13H24N2O2. The van der Waals surface area contributed by atoms with Gasteiger partial charge in [-0.3, -0.25) is 4.79 Å². The number of nitrogens with one attached hydrogen (secondary N) is 1. The number of nitrogens with zero attached hydrogens (tertiary/aromatic N) is 1. The van der Waals surface area contributed by atoms with Crippen molar-refractivity contribution in [1.82, 2.24) is 10.2 Å². The molecule has 98 valence electrons. The maximum absolute atomic E-state index is 11.7. The Labute approximate surface area is 104 Å². The second-order valence-electron chi connectivity index (χ2n) is 5.20. The van der Waals surface area contributed by atoms with Gasteiger partial charge in [-0.15, -0.1) is 0 Å². The molecule has 1 saturated carbocycles. The van der Waals surface area contributed by atoms with E-state index >= 15 is 0 Å². The molecule has 0 aromatic carbocycles. The lowest BCUT2D eigenvalue weighted by Crippen LogP contribution is -2.37. The number of likely N-dealkylation sites (N-methyl/N-ethyl adjacent to an activating group) is 1. The first-order valence-corrected chi connectivity index (χ1v) is 6.84. The summed E-state index contributed by atoms with van der Waals surface area (Å²) in [5.41, 5.74) is 0. The van der Waals surface area contributed by atoms with Gasteiger partial charge in [-0.2, -0.15) is 0 Å². The Morgan fingerprint density at radius 3 is 2.53 bits per heavy atom. The number of hydrogen-bond acceptors (Lipinski definition) is 3. The molecule has 1 aliphatic heterocycles. The Balaban J connectivity index is 1.73. The summed E-state index contributed by atoms with van der Waals surface area (Å²) in [4.78, 5) is 13.5. The number of amides is 1. The fraction of sp³-hybridized carbons (Fsp3) is 0.923. The van der Waals surface area contributed by atoms with E-state index in [1.165, 1.54) is 12.8 Å². The Morgan fingerprint density at radius 2 is 2.00 bits per heavy atom. The summed E-state index contributed by atoms with van der Waals surface area (Å²) in [6, 6.07) is 0.654. The lowest BCUT2D eigenvalue weighted by atomic mass is 9.93. The van der Waals surface area contributed by atoms with E-state index in [1.807, 2.05) is 7.05 Å². The number of likely N-dealkylation sites (tertiary alicyclic amines) is 1. The van der Waals surface area contributed by atoms with Crippen LogP contribution in [0.4, 0.5) is 0 Å². The van der Waals surface area contributed by atoms with Crippen LogP contribution in [0.2, 0.25) is 0 Å². The molecule has 4 nitrogen and oxygen atoms in total. The molecule has 1 amide bonds. The number of rotatable bonds is 4. The van der Waals surface area contributed by atoms with Crippen molar-refractivity contribution in [3.8, 4) is 0 Å². The largest absolute Gasteiger partial charge is 0.365 e. The number of carbonyl (C=O) groups excluding carboxylic acids is 1. The SMILES string of the molecule is CCNC1CCC(OC2CCN(C)C2=O)CC1. The van der Waals surface area contributed by atoms with Gasteiger partial charge in [-0.25, -0.2) is 0 Å². The van der Waals surface area contributed by atoms with Gasteiger partial charge < -0.3 is 15.0 Å². The Hall–Kier alpha value is -0.610. The molecule has 1 saturated heterocycles. The first-order valence-electron chi connectivity index (χ1n) is 6.84. The summed E-state index contributed by atoms with van der Waals surface area (Å²) in [5.74, 6) is 0.166. The van der Waals surface area contributed by atoms with Crippen molar-refractivity contribution in [2.45, 2.75) is 57.3 Å². The van der Waals surface area contributed by atoms with Crippen LogP contribution in [0, 0.1) is 0 Å². The van der Waals surface area contributed by atoms with Crippen LogP contribution in [0.5, 0.6) is 0 Å². The average Bonchev–Trinajstić information content (AvgIpc) is 2.64. The van der Waals surface area contributed by atoms with Crippen molar-refractivity contribution in [2.75, 3.05) is 20.1 Å². The third kappa shape index (κ3) is 3.19. The molecule has 1 heterocycles. The third-order valence-corrected chi connectivity index (χ3v) is 3.90. The Kier molecular flexibility index (Phi) is 4.40. The molecule has 1 atom stereocenters. The van der Waals surface area contributed by atoms with Gasteiger partial charge in [0.05, 0.1) is 6.10 Å². The summed E-state index contributed by atoms with van der Waals surface area (Å²) < 4.78 is 5.94. The summed E-state index contributed by atoms with van der Waals surface area (Å²) in [6.45, 7) is 4.04. The van der Waals surface area contributed by atoms with Gasteiger partial charge in [0, 0.05) is 26.1 Å². The van der Waals surface area contributed by atoms with E-state index < -0.39 is 0 Å². The number of carbonyl (C=O) groups is 1. The molecule has 1 aliphatic carbocycles. The second-order valence-corrected chi connectivity index (χ2v) is 5.20. The molecule has 0 aromatic heterocycles. The molecule has 4 heteroatoms. The first kappa shape index (κ1) is 12.8. The lowest BCUT2D eigenvalue weighted by Gasteiger charge is -2.30. The van der Waals surface area contributed by atoms with Gasteiger partial charge >= 0.3 is 0 Å². The smallest absolute Gasteiger partial charge is 0.251 e. The molecule has 1 N–H and O–H groups in total. The van der Waals surface area contributed by atoms with Crippen molar-refractivity contribution >= 4 is 5.91 Å². The van der Waals surface area contributed by atoms with Gasteiger partial charge in [-0.05, 0) is 32.2 Å². The van der Waals surface area contributed by atoms with Crippen molar-refractivity contribution in [3.05, 3.63) is 0 Å². The fourth-order valence-electron chi connectivity index (χ4n) is 2.84. The Bertz CT molecular complexity index is 262. The summed E-state index contributed by atoms with van der Waals surface area (Å²) in [7, 11) is 1.85. The van der Waals surface area contributed by atoms with Crippen LogP contribution in [0.3, 0.4) is 0 Å². The minimum Gasteiger partial charge on any atom is -0.365 e. The highest BCUT2D eigenvalue weighted by atomic mass is 16.5. The molecule has 2 fully saturated rings. The monoisotopic (exact) mass is 240 g/mol. The van der Waals surface area contributed by atoms with Gasteiger partial charge in [0.25, 0.3) is 5.91 Å². The molecule has 2 aliphatic rings. The molecule has 0 spiro atoms. The summed E-state index contributed by atoms with van der Waals surface area (Å²) in [6.07, 6.45) is 5.52. The van der Waals surface area contributed by atoms with Crippen LogP contribution >= 0.6 is 0 Å². The van der Waals surface area contributed by atoms with Crippen molar-refractivity contribution < 1.29 is 9.53 Å².